The lowest BCUT2D eigenvalue weighted by Crippen LogP contribution is -1.81. The number of rotatable bonds is 1. The standard InChI is InChI=1S/C8H7ClF/c1-2-6-5-7(10)3-4-8(6)9/h2-5H,1H3. The molecule has 0 saturated heterocycles. The van der Waals surface area contributed by atoms with Gasteiger partial charge in [0, 0.05) is 5.02 Å². The Kier molecular flexibility index (Phi) is 2.28. The van der Waals surface area contributed by atoms with E-state index in [9.17, 15) is 4.39 Å². The Labute approximate surface area is 64.6 Å². The number of halogens is 2. The van der Waals surface area contributed by atoms with Crippen LogP contribution in [0.25, 0.3) is 0 Å². The summed E-state index contributed by atoms with van der Waals surface area (Å²) in [6.45, 7) is 1.82. The molecule has 10 heavy (non-hydrogen) atoms. The van der Waals surface area contributed by atoms with Crippen molar-refractivity contribution in [1.82, 2.24) is 0 Å². The fourth-order valence-corrected chi connectivity index (χ4v) is 0.962. The predicted octanol–water partition coefficient (Wildman–Crippen LogP) is 3.05. The van der Waals surface area contributed by atoms with Crippen molar-refractivity contribution in [2.75, 3.05) is 0 Å². The lowest BCUT2D eigenvalue weighted by molar-refractivity contribution is 0.627. The van der Waals surface area contributed by atoms with Crippen LogP contribution in [0.15, 0.2) is 18.2 Å². The molecule has 0 aliphatic rings. The van der Waals surface area contributed by atoms with Crippen LogP contribution in [-0.2, 0) is 0 Å². The van der Waals surface area contributed by atoms with Crippen LogP contribution in [-0.4, -0.2) is 0 Å². The van der Waals surface area contributed by atoms with Gasteiger partial charge in [0.25, 0.3) is 0 Å². The second-order valence-electron chi connectivity index (χ2n) is 1.95. The second kappa shape index (κ2) is 3.02. The van der Waals surface area contributed by atoms with E-state index in [2.05, 4.69) is 0 Å². The number of benzene rings is 1. The van der Waals surface area contributed by atoms with Gasteiger partial charge in [0.1, 0.15) is 5.82 Å². The Morgan fingerprint density at radius 1 is 1.50 bits per heavy atom. The van der Waals surface area contributed by atoms with Gasteiger partial charge in [0.15, 0.2) is 0 Å². The zero-order valence-electron chi connectivity index (χ0n) is 5.57. The van der Waals surface area contributed by atoms with Gasteiger partial charge in [-0.3, -0.25) is 0 Å². The monoisotopic (exact) mass is 157 g/mol. The molecule has 2 heteroatoms. The van der Waals surface area contributed by atoms with Crippen molar-refractivity contribution in [3.63, 3.8) is 0 Å². The Balaban J connectivity index is 3.09. The molecule has 1 aromatic carbocycles. The fourth-order valence-electron chi connectivity index (χ4n) is 0.736. The molecule has 1 rings (SSSR count). The van der Waals surface area contributed by atoms with Crippen LogP contribution >= 0.6 is 11.6 Å². The van der Waals surface area contributed by atoms with Gasteiger partial charge in [0.2, 0.25) is 0 Å². The molecule has 0 N–H and O–H groups in total. The summed E-state index contributed by atoms with van der Waals surface area (Å²) in [5.41, 5.74) is 0.738. The Morgan fingerprint density at radius 3 is 2.70 bits per heavy atom. The SMILES string of the molecule is C[CH]c1cc(F)ccc1Cl. The van der Waals surface area contributed by atoms with E-state index >= 15 is 0 Å². The van der Waals surface area contributed by atoms with Crippen LogP contribution in [0.1, 0.15) is 12.5 Å². The van der Waals surface area contributed by atoms with E-state index < -0.39 is 0 Å². The van der Waals surface area contributed by atoms with Gasteiger partial charge in [-0.15, -0.1) is 0 Å². The second-order valence-corrected chi connectivity index (χ2v) is 2.36. The van der Waals surface area contributed by atoms with E-state index in [-0.39, 0.29) is 5.82 Å². The van der Waals surface area contributed by atoms with Gasteiger partial charge in [0.05, 0.1) is 0 Å². The maximum atomic E-state index is 12.5. The highest BCUT2D eigenvalue weighted by molar-refractivity contribution is 6.31. The summed E-state index contributed by atoms with van der Waals surface area (Å²) in [6, 6.07) is 4.30. The summed E-state index contributed by atoms with van der Waals surface area (Å²) in [5, 5.41) is 0.587. The van der Waals surface area contributed by atoms with Crippen molar-refractivity contribution in [3.05, 3.63) is 41.0 Å². The normalized spacial score (nSPS) is 9.90. The molecule has 0 saturated carbocycles. The summed E-state index contributed by atoms with van der Waals surface area (Å²) >= 11 is 5.70. The molecule has 1 aromatic rings. The van der Waals surface area contributed by atoms with E-state index in [1.807, 2.05) is 6.92 Å². The molecule has 1 radical (unpaired) electrons. The predicted molar refractivity (Wildman–Crippen MR) is 40.5 cm³/mol. The fraction of sp³-hybridized carbons (Fsp3) is 0.125. The van der Waals surface area contributed by atoms with Crippen LogP contribution in [0.5, 0.6) is 0 Å². The van der Waals surface area contributed by atoms with Crippen LogP contribution in [0.4, 0.5) is 4.39 Å². The molecule has 0 aromatic heterocycles. The topological polar surface area (TPSA) is 0 Å². The summed E-state index contributed by atoms with van der Waals surface area (Å²) in [5.74, 6) is -0.252. The smallest absolute Gasteiger partial charge is 0.123 e. The van der Waals surface area contributed by atoms with Gasteiger partial charge >= 0.3 is 0 Å². The molecular weight excluding hydrogens is 151 g/mol. The lowest BCUT2D eigenvalue weighted by atomic mass is 10.2. The highest BCUT2D eigenvalue weighted by Gasteiger charge is 1.97. The van der Waals surface area contributed by atoms with E-state index in [0.717, 1.165) is 5.56 Å². The van der Waals surface area contributed by atoms with Crippen LogP contribution in [0.2, 0.25) is 5.02 Å². The first-order valence-electron chi connectivity index (χ1n) is 2.98. The number of hydrogen-bond donors (Lipinski definition) is 0. The highest BCUT2D eigenvalue weighted by Crippen LogP contribution is 2.17. The van der Waals surface area contributed by atoms with Gasteiger partial charge in [-0.1, -0.05) is 18.5 Å². The molecule has 0 heterocycles. The zero-order chi connectivity index (χ0) is 7.56. The minimum atomic E-state index is -0.252. The van der Waals surface area contributed by atoms with Crippen LogP contribution in [0, 0.1) is 12.2 Å². The largest absolute Gasteiger partial charge is 0.207 e. The van der Waals surface area contributed by atoms with E-state index in [1.54, 1.807) is 12.5 Å². The first-order chi connectivity index (χ1) is 4.74. The molecule has 0 spiro atoms. The highest BCUT2D eigenvalue weighted by atomic mass is 35.5. The van der Waals surface area contributed by atoms with Gasteiger partial charge < -0.3 is 0 Å². The van der Waals surface area contributed by atoms with E-state index in [4.69, 9.17) is 11.6 Å². The van der Waals surface area contributed by atoms with Crippen LogP contribution < -0.4 is 0 Å². The number of hydrogen-bond acceptors (Lipinski definition) is 0. The Hall–Kier alpha value is -0.560. The molecule has 0 bridgehead atoms. The molecule has 0 aliphatic carbocycles. The van der Waals surface area contributed by atoms with E-state index in [0.29, 0.717) is 5.02 Å². The molecular formula is C8H7ClF. The molecule has 0 atom stereocenters. The van der Waals surface area contributed by atoms with Crippen molar-refractivity contribution in [1.29, 1.82) is 0 Å². The zero-order valence-corrected chi connectivity index (χ0v) is 6.32. The molecule has 0 nitrogen and oxygen atoms in total. The summed E-state index contributed by atoms with van der Waals surface area (Å²) in [7, 11) is 0. The third kappa shape index (κ3) is 1.48. The molecule has 53 valence electrons. The maximum absolute atomic E-state index is 12.5. The molecule has 0 amide bonds. The quantitative estimate of drug-likeness (QED) is 0.588. The minimum Gasteiger partial charge on any atom is -0.207 e. The summed E-state index contributed by atoms with van der Waals surface area (Å²) in [6.07, 6.45) is 1.77. The summed E-state index contributed by atoms with van der Waals surface area (Å²) in [4.78, 5) is 0. The van der Waals surface area contributed by atoms with Gasteiger partial charge in [-0.2, -0.15) is 0 Å². The van der Waals surface area contributed by atoms with Crippen molar-refractivity contribution in [2.45, 2.75) is 6.92 Å². The summed E-state index contributed by atoms with van der Waals surface area (Å²) < 4.78 is 12.5. The third-order valence-corrected chi connectivity index (χ3v) is 1.61. The van der Waals surface area contributed by atoms with E-state index in [1.165, 1.54) is 12.1 Å². The molecule has 0 fully saturated rings. The van der Waals surface area contributed by atoms with Crippen molar-refractivity contribution >= 4 is 11.6 Å². The van der Waals surface area contributed by atoms with Crippen molar-refractivity contribution in [2.24, 2.45) is 0 Å². The minimum absolute atomic E-state index is 0.252. The van der Waals surface area contributed by atoms with Gasteiger partial charge in [-0.05, 0) is 30.2 Å². The van der Waals surface area contributed by atoms with Crippen LogP contribution in [0.3, 0.4) is 0 Å². The lowest BCUT2D eigenvalue weighted by Gasteiger charge is -1.98. The first-order valence-corrected chi connectivity index (χ1v) is 3.36. The van der Waals surface area contributed by atoms with Crippen molar-refractivity contribution in [3.8, 4) is 0 Å². The average Bonchev–Trinajstić information content (AvgIpc) is 1.94. The molecule has 0 unspecified atom stereocenters. The molecule has 0 aliphatic heterocycles. The van der Waals surface area contributed by atoms with Gasteiger partial charge in [-0.25, -0.2) is 4.39 Å². The third-order valence-electron chi connectivity index (χ3n) is 1.27. The first kappa shape index (κ1) is 7.55. The Bertz CT molecular complexity index is 233. The Morgan fingerprint density at radius 2 is 2.20 bits per heavy atom. The maximum Gasteiger partial charge on any atom is 0.123 e. The average molecular weight is 158 g/mol. The van der Waals surface area contributed by atoms with Crippen molar-refractivity contribution < 1.29 is 4.39 Å².